The van der Waals surface area contributed by atoms with Crippen molar-refractivity contribution in [1.29, 1.82) is 0 Å². The molecule has 0 amide bonds. The van der Waals surface area contributed by atoms with Gasteiger partial charge in [0.2, 0.25) is 0 Å². The van der Waals surface area contributed by atoms with Gasteiger partial charge in [0.1, 0.15) is 0 Å². The molecule has 0 radical (unpaired) electrons. The molecule has 0 bridgehead atoms. The van der Waals surface area contributed by atoms with Crippen LogP contribution in [0.4, 0.5) is 14.5 Å². The third kappa shape index (κ3) is 4.01. The average Bonchev–Trinajstić information content (AvgIpc) is 2.10. The first-order valence-electron chi connectivity index (χ1n) is 4.49. The number of hydrogen-bond acceptors (Lipinski definition) is 2. The number of halogens is 3. The largest absolute Gasteiger partial charge is 0.399 e. The minimum atomic E-state index is -2.34. The third-order valence-electron chi connectivity index (χ3n) is 1.96. The minimum absolute atomic E-state index is 0.273. The Labute approximate surface area is 92.6 Å². The minimum Gasteiger partial charge on any atom is -0.399 e. The highest BCUT2D eigenvalue weighted by molar-refractivity contribution is 6.31. The van der Waals surface area contributed by atoms with Gasteiger partial charge in [-0.1, -0.05) is 11.6 Å². The maximum absolute atomic E-state index is 12.1. The van der Waals surface area contributed by atoms with E-state index in [1.165, 1.54) is 4.90 Å². The Kier molecular flexibility index (Phi) is 4.29. The number of anilines is 1. The molecule has 0 spiro atoms. The van der Waals surface area contributed by atoms with Gasteiger partial charge in [-0.2, -0.15) is 0 Å². The summed E-state index contributed by atoms with van der Waals surface area (Å²) >= 11 is 5.91. The summed E-state index contributed by atoms with van der Waals surface area (Å²) in [4.78, 5) is 1.51. The van der Waals surface area contributed by atoms with E-state index < -0.39 is 6.43 Å². The molecule has 2 nitrogen and oxygen atoms in total. The molecule has 84 valence electrons. The first kappa shape index (κ1) is 12.2. The second-order valence-corrected chi connectivity index (χ2v) is 3.85. The Morgan fingerprint density at radius 3 is 2.73 bits per heavy atom. The summed E-state index contributed by atoms with van der Waals surface area (Å²) in [6.07, 6.45) is -2.34. The fourth-order valence-electron chi connectivity index (χ4n) is 1.31. The van der Waals surface area contributed by atoms with Gasteiger partial charge in [-0.05, 0) is 30.8 Å². The lowest BCUT2D eigenvalue weighted by molar-refractivity contribution is 0.0976. The third-order valence-corrected chi connectivity index (χ3v) is 2.33. The smallest absolute Gasteiger partial charge is 0.251 e. The van der Waals surface area contributed by atoms with Gasteiger partial charge in [0.25, 0.3) is 6.43 Å². The van der Waals surface area contributed by atoms with E-state index in [0.717, 1.165) is 5.56 Å². The summed E-state index contributed by atoms with van der Waals surface area (Å²) in [6, 6.07) is 5.05. The monoisotopic (exact) mass is 234 g/mol. The molecule has 15 heavy (non-hydrogen) atoms. The fourth-order valence-corrected chi connectivity index (χ4v) is 1.48. The quantitative estimate of drug-likeness (QED) is 0.812. The Hall–Kier alpha value is -0.870. The molecule has 0 aliphatic heterocycles. The van der Waals surface area contributed by atoms with Gasteiger partial charge in [0.15, 0.2) is 0 Å². The van der Waals surface area contributed by atoms with Crippen LogP contribution in [0.25, 0.3) is 0 Å². The second kappa shape index (κ2) is 5.28. The fraction of sp³-hybridized carbons (Fsp3) is 0.400. The maximum Gasteiger partial charge on any atom is 0.251 e. The Morgan fingerprint density at radius 2 is 2.13 bits per heavy atom. The number of nitrogens with zero attached hydrogens (tertiary/aromatic N) is 1. The lowest BCUT2D eigenvalue weighted by Crippen LogP contribution is -2.24. The van der Waals surface area contributed by atoms with Crippen LogP contribution >= 0.6 is 11.6 Å². The zero-order valence-corrected chi connectivity index (χ0v) is 9.14. The Balaban J connectivity index is 2.67. The molecule has 0 heterocycles. The van der Waals surface area contributed by atoms with Gasteiger partial charge in [-0.3, -0.25) is 4.90 Å². The molecule has 2 N–H and O–H groups in total. The van der Waals surface area contributed by atoms with Crippen molar-refractivity contribution in [2.75, 3.05) is 19.3 Å². The molecule has 0 atom stereocenters. The van der Waals surface area contributed by atoms with Crippen molar-refractivity contribution in [2.24, 2.45) is 0 Å². The SMILES string of the molecule is CN(Cc1cc(N)ccc1Cl)CC(F)F. The van der Waals surface area contributed by atoms with Crippen molar-refractivity contribution in [2.45, 2.75) is 13.0 Å². The van der Waals surface area contributed by atoms with Crippen LogP contribution in [-0.4, -0.2) is 24.9 Å². The zero-order chi connectivity index (χ0) is 11.4. The standard InChI is InChI=1S/C10H13ClF2N2/c1-15(6-10(12)13)5-7-4-8(14)2-3-9(7)11/h2-4,10H,5-6,14H2,1H3. The van der Waals surface area contributed by atoms with E-state index in [2.05, 4.69) is 0 Å². The van der Waals surface area contributed by atoms with E-state index in [1.54, 1.807) is 25.2 Å². The summed E-state index contributed by atoms with van der Waals surface area (Å²) in [5.41, 5.74) is 6.93. The first-order chi connectivity index (χ1) is 6.99. The van der Waals surface area contributed by atoms with Crippen LogP contribution in [0.2, 0.25) is 5.02 Å². The lowest BCUT2D eigenvalue weighted by atomic mass is 10.2. The number of hydrogen-bond donors (Lipinski definition) is 1. The Morgan fingerprint density at radius 1 is 1.47 bits per heavy atom. The van der Waals surface area contributed by atoms with Crippen LogP contribution in [0.3, 0.4) is 0 Å². The van der Waals surface area contributed by atoms with Crippen LogP contribution < -0.4 is 5.73 Å². The summed E-state index contributed by atoms with van der Waals surface area (Å²) < 4.78 is 24.1. The molecule has 0 aliphatic rings. The molecule has 5 heteroatoms. The van der Waals surface area contributed by atoms with Gasteiger partial charge in [0.05, 0.1) is 6.54 Å². The molecule has 1 rings (SSSR count). The first-order valence-corrected chi connectivity index (χ1v) is 4.87. The number of nitrogens with two attached hydrogens (primary N) is 1. The molecular weight excluding hydrogens is 222 g/mol. The molecular formula is C10H13ClF2N2. The van der Waals surface area contributed by atoms with Crippen molar-refractivity contribution in [3.63, 3.8) is 0 Å². The molecule has 0 saturated carbocycles. The van der Waals surface area contributed by atoms with Crippen molar-refractivity contribution in [1.82, 2.24) is 4.90 Å². The van der Waals surface area contributed by atoms with E-state index in [0.29, 0.717) is 17.3 Å². The van der Waals surface area contributed by atoms with E-state index in [1.807, 2.05) is 0 Å². The molecule has 0 fully saturated rings. The molecule has 1 aromatic rings. The van der Waals surface area contributed by atoms with E-state index in [4.69, 9.17) is 17.3 Å². The van der Waals surface area contributed by atoms with Crippen LogP contribution in [0.15, 0.2) is 18.2 Å². The van der Waals surface area contributed by atoms with Crippen LogP contribution in [-0.2, 0) is 6.54 Å². The van der Waals surface area contributed by atoms with Gasteiger partial charge < -0.3 is 5.73 Å². The van der Waals surface area contributed by atoms with Crippen LogP contribution in [0.1, 0.15) is 5.56 Å². The van der Waals surface area contributed by atoms with Gasteiger partial charge in [-0.25, -0.2) is 8.78 Å². The normalized spacial score (nSPS) is 11.3. The van der Waals surface area contributed by atoms with Gasteiger partial charge in [-0.15, -0.1) is 0 Å². The topological polar surface area (TPSA) is 29.3 Å². The van der Waals surface area contributed by atoms with E-state index in [-0.39, 0.29) is 6.54 Å². The van der Waals surface area contributed by atoms with Crippen molar-refractivity contribution < 1.29 is 8.78 Å². The predicted molar refractivity (Wildman–Crippen MR) is 58.2 cm³/mol. The number of nitrogen functional groups attached to an aromatic ring is 1. The summed E-state index contributed by atoms with van der Waals surface area (Å²) in [5, 5.41) is 0.547. The number of alkyl halides is 2. The van der Waals surface area contributed by atoms with Crippen molar-refractivity contribution in [3.8, 4) is 0 Å². The number of benzene rings is 1. The highest BCUT2D eigenvalue weighted by atomic mass is 35.5. The molecule has 0 aliphatic carbocycles. The highest BCUT2D eigenvalue weighted by Gasteiger charge is 2.09. The predicted octanol–water partition coefficient (Wildman–Crippen LogP) is 2.62. The van der Waals surface area contributed by atoms with Gasteiger partial charge >= 0.3 is 0 Å². The second-order valence-electron chi connectivity index (χ2n) is 3.44. The lowest BCUT2D eigenvalue weighted by Gasteiger charge is -2.17. The molecule has 0 saturated heterocycles. The van der Waals surface area contributed by atoms with Crippen LogP contribution in [0.5, 0.6) is 0 Å². The maximum atomic E-state index is 12.1. The average molecular weight is 235 g/mol. The molecule has 0 unspecified atom stereocenters. The van der Waals surface area contributed by atoms with E-state index in [9.17, 15) is 8.78 Å². The zero-order valence-electron chi connectivity index (χ0n) is 8.38. The van der Waals surface area contributed by atoms with Crippen molar-refractivity contribution >= 4 is 17.3 Å². The molecule has 1 aromatic carbocycles. The molecule has 0 aromatic heterocycles. The van der Waals surface area contributed by atoms with Gasteiger partial charge in [0, 0.05) is 17.3 Å². The summed E-state index contributed by atoms with van der Waals surface area (Å²) in [5.74, 6) is 0. The van der Waals surface area contributed by atoms with E-state index >= 15 is 0 Å². The summed E-state index contributed by atoms with van der Waals surface area (Å²) in [7, 11) is 1.62. The summed E-state index contributed by atoms with van der Waals surface area (Å²) in [6.45, 7) is 0.0966. The van der Waals surface area contributed by atoms with Crippen molar-refractivity contribution in [3.05, 3.63) is 28.8 Å². The highest BCUT2D eigenvalue weighted by Crippen LogP contribution is 2.20. The number of rotatable bonds is 4. The van der Waals surface area contributed by atoms with Crippen LogP contribution in [0, 0.1) is 0 Å². The Bertz CT molecular complexity index is 331.